The van der Waals surface area contributed by atoms with Crippen LogP contribution in [0.25, 0.3) is 0 Å². The largest absolute Gasteiger partial charge is 0.388 e. The minimum absolute atomic E-state index is 0.0219. The van der Waals surface area contributed by atoms with E-state index >= 15 is 0 Å². The van der Waals surface area contributed by atoms with Crippen molar-refractivity contribution in [1.82, 2.24) is 4.90 Å². The Morgan fingerprint density at radius 2 is 1.70 bits per heavy atom. The smallest absolute Gasteiger partial charge is 0.233 e. The molecular weight excluding hydrogens is 254 g/mol. The molecule has 0 aromatic carbocycles. The first kappa shape index (κ1) is 14.1. The highest BCUT2D eigenvalue weighted by Gasteiger charge is 2.50. The van der Waals surface area contributed by atoms with Crippen molar-refractivity contribution in [2.75, 3.05) is 6.54 Å². The van der Waals surface area contributed by atoms with E-state index in [1.165, 1.54) is 4.90 Å². The van der Waals surface area contributed by atoms with Crippen molar-refractivity contribution in [2.45, 2.75) is 63.9 Å². The van der Waals surface area contributed by atoms with Crippen LogP contribution in [0.2, 0.25) is 0 Å². The lowest BCUT2D eigenvalue weighted by Crippen LogP contribution is -2.48. The van der Waals surface area contributed by atoms with E-state index in [1.807, 2.05) is 0 Å². The second-order valence-corrected chi connectivity index (χ2v) is 7.19. The number of hydrogen-bond acceptors (Lipinski definition) is 3. The molecule has 2 aliphatic carbocycles. The summed E-state index contributed by atoms with van der Waals surface area (Å²) in [5.74, 6) is 0.239. The van der Waals surface area contributed by atoms with E-state index in [9.17, 15) is 14.7 Å². The van der Waals surface area contributed by atoms with Crippen molar-refractivity contribution < 1.29 is 14.7 Å². The fourth-order valence-corrected chi connectivity index (χ4v) is 4.46. The summed E-state index contributed by atoms with van der Waals surface area (Å²) in [4.78, 5) is 26.3. The van der Waals surface area contributed by atoms with Gasteiger partial charge < -0.3 is 5.11 Å². The summed E-state index contributed by atoms with van der Waals surface area (Å²) in [6.45, 7) is 2.36. The maximum atomic E-state index is 12.4. The third kappa shape index (κ3) is 2.39. The Balaban J connectivity index is 1.73. The first-order chi connectivity index (χ1) is 9.50. The van der Waals surface area contributed by atoms with Crippen LogP contribution in [-0.2, 0) is 9.59 Å². The highest BCUT2D eigenvalue weighted by Crippen LogP contribution is 2.40. The maximum Gasteiger partial charge on any atom is 0.233 e. The Labute approximate surface area is 120 Å². The average Bonchev–Trinajstić information content (AvgIpc) is 2.64. The van der Waals surface area contributed by atoms with Crippen molar-refractivity contribution in [3.8, 4) is 0 Å². The summed E-state index contributed by atoms with van der Waals surface area (Å²) in [6, 6.07) is 0. The Morgan fingerprint density at radius 3 is 2.25 bits per heavy atom. The molecule has 0 bridgehead atoms. The fraction of sp³-hybridized carbons (Fsp3) is 0.875. The van der Waals surface area contributed by atoms with Gasteiger partial charge in [0.25, 0.3) is 0 Å². The molecule has 0 aromatic rings. The molecule has 1 aliphatic heterocycles. The molecule has 2 saturated carbocycles. The minimum atomic E-state index is -0.851. The Morgan fingerprint density at radius 1 is 1.10 bits per heavy atom. The van der Waals surface area contributed by atoms with Crippen LogP contribution in [0.1, 0.15) is 58.3 Å². The number of imide groups is 1. The SMILES string of the molecule is CC1CCCC(O)(CN2C(=O)C3CCCCC3C2=O)C1. The van der Waals surface area contributed by atoms with E-state index < -0.39 is 5.60 Å². The molecule has 4 unspecified atom stereocenters. The third-order valence-electron chi connectivity index (χ3n) is 5.45. The lowest BCUT2D eigenvalue weighted by Gasteiger charge is -2.37. The second-order valence-electron chi connectivity index (χ2n) is 7.19. The molecule has 3 rings (SSSR count). The van der Waals surface area contributed by atoms with Crippen molar-refractivity contribution >= 4 is 11.8 Å². The number of fused-ring (bicyclic) bond motifs is 1. The van der Waals surface area contributed by atoms with Gasteiger partial charge in [0.05, 0.1) is 24.0 Å². The van der Waals surface area contributed by atoms with Crippen LogP contribution < -0.4 is 0 Å². The van der Waals surface area contributed by atoms with E-state index in [0.29, 0.717) is 18.8 Å². The molecule has 2 amide bonds. The summed E-state index contributed by atoms with van der Waals surface area (Å²) in [5, 5.41) is 10.7. The molecule has 4 atom stereocenters. The van der Waals surface area contributed by atoms with E-state index in [0.717, 1.165) is 38.5 Å². The lowest BCUT2D eigenvalue weighted by molar-refractivity contribution is -0.145. The number of carbonyl (C=O) groups is 2. The molecule has 0 aromatic heterocycles. The van der Waals surface area contributed by atoms with E-state index in [-0.39, 0.29) is 30.2 Å². The zero-order chi connectivity index (χ0) is 14.3. The lowest BCUT2D eigenvalue weighted by atomic mass is 9.78. The first-order valence-electron chi connectivity index (χ1n) is 8.08. The monoisotopic (exact) mass is 279 g/mol. The van der Waals surface area contributed by atoms with Gasteiger partial charge in [-0.25, -0.2) is 0 Å². The number of aliphatic hydroxyl groups is 1. The van der Waals surface area contributed by atoms with Gasteiger partial charge in [-0.2, -0.15) is 0 Å². The van der Waals surface area contributed by atoms with E-state index in [1.54, 1.807) is 0 Å². The first-order valence-corrected chi connectivity index (χ1v) is 8.08. The number of β-amino-alcohol motifs (C(OH)–C–C–N with tert-alkyl or cyclic N) is 1. The standard InChI is InChI=1S/C16H25NO3/c1-11-5-4-8-16(20,9-11)10-17-14(18)12-6-2-3-7-13(12)15(17)19/h11-13,20H,2-10H2,1H3. The average molecular weight is 279 g/mol. The maximum absolute atomic E-state index is 12.4. The number of rotatable bonds is 2. The number of nitrogens with zero attached hydrogens (tertiary/aromatic N) is 1. The fourth-order valence-electron chi connectivity index (χ4n) is 4.46. The van der Waals surface area contributed by atoms with Crippen LogP contribution in [0.5, 0.6) is 0 Å². The summed E-state index contributed by atoms with van der Waals surface area (Å²) < 4.78 is 0. The molecular formula is C16H25NO3. The van der Waals surface area contributed by atoms with Gasteiger partial charge in [0.1, 0.15) is 0 Å². The Hall–Kier alpha value is -0.900. The molecule has 1 heterocycles. The molecule has 20 heavy (non-hydrogen) atoms. The predicted molar refractivity (Wildman–Crippen MR) is 74.7 cm³/mol. The van der Waals surface area contributed by atoms with E-state index in [4.69, 9.17) is 0 Å². The van der Waals surface area contributed by atoms with Gasteiger partial charge in [-0.05, 0) is 31.6 Å². The summed E-state index contributed by atoms with van der Waals surface area (Å²) in [7, 11) is 0. The van der Waals surface area contributed by atoms with Crippen LogP contribution in [-0.4, -0.2) is 34.0 Å². The molecule has 0 radical (unpaired) electrons. The van der Waals surface area contributed by atoms with Crippen LogP contribution in [0.4, 0.5) is 0 Å². The zero-order valence-electron chi connectivity index (χ0n) is 12.3. The number of carbonyl (C=O) groups excluding carboxylic acids is 2. The van der Waals surface area contributed by atoms with Crippen molar-refractivity contribution in [1.29, 1.82) is 0 Å². The van der Waals surface area contributed by atoms with Crippen LogP contribution in [0, 0.1) is 17.8 Å². The van der Waals surface area contributed by atoms with Gasteiger partial charge in [0, 0.05) is 0 Å². The van der Waals surface area contributed by atoms with Crippen molar-refractivity contribution in [2.24, 2.45) is 17.8 Å². The highest BCUT2D eigenvalue weighted by atomic mass is 16.3. The molecule has 3 aliphatic rings. The molecule has 1 saturated heterocycles. The van der Waals surface area contributed by atoms with Gasteiger partial charge in [0.2, 0.25) is 11.8 Å². The van der Waals surface area contributed by atoms with E-state index in [2.05, 4.69) is 6.92 Å². The molecule has 112 valence electrons. The van der Waals surface area contributed by atoms with Crippen LogP contribution >= 0.6 is 0 Å². The zero-order valence-corrected chi connectivity index (χ0v) is 12.3. The van der Waals surface area contributed by atoms with Crippen molar-refractivity contribution in [3.63, 3.8) is 0 Å². The highest BCUT2D eigenvalue weighted by molar-refractivity contribution is 6.05. The summed E-state index contributed by atoms with van der Waals surface area (Å²) in [5.41, 5.74) is -0.851. The van der Waals surface area contributed by atoms with Crippen molar-refractivity contribution in [3.05, 3.63) is 0 Å². The van der Waals surface area contributed by atoms with Gasteiger partial charge >= 0.3 is 0 Å². The molecule has 0 spiro atoms. The topological polar surface area (TPSA) is 57.6 Å². The Kier molecular flexibility index (Phi) is 3.61. The normalized spacial score (nSPS) is 41.9. The molecule has 4 heteroatoms. The summed E-state index contributed by atoms with van der Waals surface area (Å²) in [6.07, 6.45) is 7.34. The quantitative estimate of drug-likeness (QED) is 0.788. The van der Waals surface area contributed by atoms with Gasteiger partial charge in [-0.1, -0.05) is 32.6 Å². The van der Waals surface area contributed by atoms with Gasteiger partial charge in [-0.3, -0.25) is 14.5 Å². The van der Waals surface area contributed by atoms with Crippen LogP contribution in [0.15, 0.2) is 0 Å². The number of amides is 2. The second kappa shape index (κ2) is 5.14. The molecule has 3 fully saturated rings. The molecule has 1 N–H and O–H groups in total. The third-order valence-corrected chi connectivity index (χ3v) is 5.45. The predicted octanol–water partition coefficient (Wildman–Crippen LogP) is 2.10. The van der Waals surface area contributed by atoms with Gasteiger partial charge in [0.15, 0.2) is 0 Å². The van der Waals surface area contributed by atoms with Gasteiger partial charge in [-0.15, -0.1) is 0 Å². The number of hydrogen-bond donors (Lipinski definition) is 1. The minimum Gasteiger partial charge on any atom is -0.388 e. The number of likely N-dealkylation sites (tertiary alicyclic amines) is 1. The Bertz CT molecular complexity index is 398. The summed E-state index contributed by atoms with van der Waals surface area (Å²) >= 11 is 0. The van der Waals surface area contributed by atoms with Crippen LogP contribution in [0.3, 0.4) is 0 Å². The molecule has 4 nitrogen and oxygen atoms in total.